The van der Waals surface area contributed by atoms with Gasteiger partial charge in [-0.05, 0) is 48.4 Å². The van der Waals surface area contributed by atoms with Crippen LogP contribution in [0, 0.1) is 17.0 Å². The molecule has 38 heavy (non-hydrogen) atoms. The number of rotatable bonds is 5. The van der Waals surface area contributed by atoms with Gasteiger partial charge in [-0.2, -0.15) is 0 Å². The van der Waals surface area contributed by atoms with E-state index in [1.54, 1.807) is 41.3 Å². The number of fused-ring (bicyclic) bond motifs is 2. The maximum absolute atomic E-state index is 14.7. The summed E-state index contributed by atoms with van der Waals surface area (Å²) in [5, 5.41) is 14.9. The molecule has 1 spiro atoms. The highest BCUT2D eigenvalue weighted by Crippen LogP contribution is 2.57. The van der Waals surface area contributed by atoms with Crippen molar-refractivity contribution in [2.75, 3.05) is 9.96 Å². The number of carbonyl (C=O) groups excluding carboxylic acids is 1. The Hall–Kier alpha value is -4.20. The lowest BCUT2D eigenvalue weighted by atomic mass is 9.79. The average molecular weight is 526 g/mol. The first kappa shape index (κ1) is 24.2. The molecule has 0 saturated carbocycles. The Morgan fingerprint density at radius 2 is 1.61 bits per heavy atom. The normalized spacial score (nSPS) is 22.2. The van der Waals surface area contributed by atoms with Crippen molar-refractivity contribution in [3.8, 4) is 0 Å². The van der Waals surface area contributed by atoms with E-state index in [1.165, 1.54) is 5.06 Å². The monoisotopic (exact) mass is 525 g/mol. The lowest BCUT2D eigenvalue weighted by Gasteiger charge is -2.33. The fraction of sp³-hybridized carbons (Fsp3) is 0.167. The second-order valence-corrected chi connectivity index (χ2v) is 10.0. The van der Waals surface area contributed by atoms with Gasteiger partial charge in [0.15, 0.2) is 6.10 Å². The predicted molar refractivity (Wildman–Crippen MR) is 145 cm³/mol. The number of halogens is 1. The number of benzene rings is 4. The number of carbonyl (C=O) groups is 1. The maximum Gasteiger partial charge on any atom is 0.284 e. The molecular formula is C30H24ClN3O4. The smallest absolute Gasteiger partial charge is 0.284 e. The summed E-state index contributed by atoms with van der Waals surface area (Å²) < 4.78 is 0. The maximum atomic E-state index is 14.7. The molecule has 2 aliphatic heterocycles. The Balaban J connectivity index is 1.61. The molecule has 4 aromatic rings. The largest absolute Gasteiger partial charge is 0.305 e. The van der Waals surface area contributed by atoms with Crippen molar-refractivity contribution in [1.29, 1.82) is 0 Å². The molecule has 0 bridgehead atoms. The molecular weight excluding hydrogens is 502 g/mol. The Kier molecular flexibility index (Phi) is 5.90. The van der Waals surface area contributed by atoms with Crippen molar-refractivity contribution in [2.24, 2.45) is 0 Å². The van der Waals surface area contributed by atoms with Gasteiger partial charge in [0, 0.05) is 15.5 Å². The lowest BCUT2D eigenvalue weighted by molar-refractivity contribution is -0.535. The fourth-order valence-corrected chi connectivity index (χ4v) is 5.74. The second kappa shape index (κ2) is 9.28. The molecule has 1 fully saturated rings. The standard InChI is InChI=1S/C30H24ClN3O4/c1-20-12-17-26-25(18-20)30(29(35)32(26)19-21-8-4-2-5-9-21)28(34(36)37)27(22-10-6-3-7-11-22)38-33(30)24-15-13-23(31)14-16-24/h2-18,27-28H,19H2,1H3/t27-,28-,30-/m0/s1. The molecule has 3 atom stereocenters. The van der Waals surface area contributed by atoms with E-state index < -0.39 is 23.6 Å². The van der Waals surface area contributed by atoms with Gasteiger partial charge in [0.2, 0.25) is 5.54 Å². The van der Waals surface area contributed by atoms with Gasteiger partial charge < -0.3 is 4.90 Å². The summed E-state index contributed by atoms with van der Waals surface area (Å²) >= 11 is 6.17. The third-order valence-corrected chi connectivity index (χ3v) is 7.53. The zero-order valence-corrected chi connectivity index (χ0v) is 21.3. The number of anilines is 2. The van der Waals surface area contributed by atoms with E-state index >= 15 is 0 Å². The van der Waals surface area contributed by atoms with Crippen LogP contribution in [0.5, 0.6) is 0 Å². The van der Waals surface area contributed by atoms with Gasteiger partial charge in [0.1, 0.15) is 0 Å². The van der Waals surface area contributed by atoms with Gasteiger partial charge in [-0.15, -0.1) is 0 Å². The average Bonchev–Trinajstić information content (AvgIpc) is 3.40. The van der Waals surface area contributed by atoms with Gasteiger partial charge >= 0.3 is 0 Å². The summed E-state index contributed by atoms with van der Waals surface area (Å²) in [7, 11) is 0. The highest BCUT2D eigenvalue weighted by Gasteiger charge is 2.73. The molecule has 8 heteroatoms. The minimum absolute atomic E-state index is 0.270. The van der Waals surface area contributed by atoms with Gasteiger partial charge in [0.05, 0.1) is 17.9 Å². The Bertz CT molecular complexity index is 1510. The van der Waals surface area contributed by atoms with E-state index in [0.717, 1.165) is 11.1 Å². The van der Waals surface area contributed by atoms with Crippen molar-refractivity contribution < 1.29 is 14.6 Å². The van der Waals surface area contributed by atoms with Crippen LogP contribution < -0.4 is 9.96 Å². The zero-order chi connectivity index (χ0) is 26.4. The molecule has 2 aliphatic rings. The summed E-state index contributed by atoms with van der Waals surface area (Å²) in [5.74, 6) is -0.406. The first-order valence-corrected chi connectivity index (χ1v) is 12.7. The predicted octanol–water partition coefficient (Wildman–Crippen LogP) is 6.23. The van der Waals surface area contributed by atoms with E-state index in [2.05, 4.69) is 0 Å². The molecule has 4 aromatic carbocycles. The van der Waals surface area contributed by atoms with Crippen LogP contribution in [0.1, 0.15) is 28.4 Å². The van der Waals surface area contributed by atoms with Gasteiger partial charge in [-0.25, -0.2) is 5.06 Å². The molecule has 2 heterocycles. The SMILES string of the molecule is Cc1ccc2c(c1)[C@@]1(C(=O)N2Cc2ccccc2)[C@@H]([N+](=O)[O-])[C@H](c2ccccc2)ON1c1ccc(Cl)cc1. The van der Waals surface area contributed by atoms with Crippen LogP contribution >= 0.6 is 11.6 Å². The minimum Gasteiger partial charge on any atom is -0.305 e. The van der Waals surface area contributed by atoms with Crippen LogP contribution in [0.15, 0.2) is 103 Å². The van der Waals surface area contributed by atoms with Crippen LogP contribution in [-0.4, -0.2) is 16.9 Å². The van der Waals surface area contributed by atoms with E-state index in [0.29, 0.717) is 27.5 Å². The second-order valence-electron chi connectivity index (χ2n) is 9.60. The van der Waals surface area contributed by atoms with Crippen molar-refractivity contribution >= 4 is 28.9 Å². The molecule has 6 rings (SSSR count). The Morgan fingerprint density at radius 3 is 2.26 bits per heavy atom. The van der Waals surface area contributed by atoms with Crippen molar-refractivity contribution in [3.63, 3.8) is 0 Å². The molecule has 0 N–H and O–H groups in total. The third-order valence-electron chi connectivity index (χ3n) is 7.28. The number of aryl methyl sites for hydroxylation is 1. The highest BCUT2D eigenvalue weighted by molar-refractivity contribution is 6.30. The van der Waals surface area contributed by atoms with Crippen LogP contribution in [0.3, 0.4) is 0 Å². The van der Waals surface area contributed by atoms with Crippen LogP contribution in [0.4, 0.5) is 11.4 Å². The molecule has 7 nitrogen and oxygen atoms in total. The van der Waals surface area contributed by atoms with Crippen LogP contribution in [-0.2, 0) is 21.7 Å². The number of amides is 1. The zero-order valence-electron chi connectivity index (χ0n) is 20.5. The summed E-state index contributed by atoms with van der Waals surface area (Å²) in [4.78, 5) is 35.4. The highest BCUT2D eigenvalue weighted by atomic mass is 35.5. The van der Waals surface area contributed by atoms with E-state index in [-0.39, 0.29) is 11.5 Å². The Labute approximate surface area is 224 Å². The third kappa shape index (κ3) is 3.66. The summed E-state index contributed by atoms with van der Waals surface area (Å²) in [6, 6.07) is 29.7. The molecule has 0 aromatic heterocycles. The summed E-state index contributed by atoms with van der Waals surface area (Å²) in [6.07, 6.45) is -1.00. The molecule has 0 radical (unpaired) electrons. The summed E-state index contributed by atoms with van der Waals surface area (Å²) in [6.45, 7) is 2.18. The van der Waals surface area contributed by atoms with E-state index in [4.69, 9.17) is 16.4 Å². The van der Waals surface area contributed by atoms with Crippen LogP contribution in [0.2, 0.25) is 5.02 Å². The molecule has 0 aliphatic carbocycles. The van der Waals surface area contributed by atoms with E-state index in [1.807, 2.05) is 73.7 Å². The first-order valence-electron chi connectivity index (χ1n) is 12.3. The summed E-state index contributed by atoms with van der Waals surface area (Å²) in [5.41, 5.74) is 2.36. The van der Waals surface area contributed by atoms with Crippen molar-refractivity contribution in [1.82, 2.24) is 0 Å². The molecule has 0 unspecified atom stereocenters. The lowest BCUT2D eigenvalue weighted by Crippen LogP contribution is -2.57. The first-order chi connectivity index (χ1) is 18.4. The molecule has 190 valence electrons. The number of nitro groups is 1. The van der Waals surface area contributed by atoms with Gasteiger partial charge in [0.25, 0.3) is 11.9 Å². The number of hydrogen-bond donors (Lipinski definition) is 0. The fourth-order valence-electron chi connectivity index (χ4n) is 5.61. The number of hydrogen-bond acceptors (Lipinski definition) is 5. The quantitative estimate of drug-likeness (QED) is 0.228. The Morgan fingerprint density at radius 1 is 0.947 bits per heavy atom. The number of nitrogens with zero attached hydrogens (tertiary/aromatic N) is 3. The van der Waals surface area contributed by atoms with Crippen molar-refractivity contribution in [3.05, 3.63) is 141 Å². The molecule has 1 amide bonds. The molecule has 1 saturated heterocycles. The number of hydroxylamine groups is 1. The minimum atomic E-state index is -1.74. The van der Waals surface area contributed by atoms with Gasteiger partial charge in [-0.1, -0.05) is 90.0 Å². The van der Waals surface area contributed by atoms with Gasteiger partial charge in [-0.3, -0.25) is 19.7 Å². The van der Waals surface area contributed by atoms with Crippen LogP contribution in [0.25, 0.3) is 0 Å². The van der Waals surface area contributed by atoms with E-state index in [9.17, 15) is 14.9 Å². The topological polar surface area (TPSA) is 75.9 Å². The van der Waals surface area contributed by atoms with Crippen molar-refractivity contribution in [2.45, 2.75) is 31.2 Å².